The predicted molar refractivity (Wildman–Crippen MR) is 147 cm³/mol. The van der Waals surface area contributed by atoms with Gasteiger partial charge in [-0.2, -0.15) is 0 Å². The van der Waals surface area contributed by atoms with Gasteiger partial charge in [0.2, 0.25) is 0 Å². The molecule has 0 N–H and O–H groups in total. The van der Waals surface area contributed by atoms with E-state index in [-0.39, 0.29) is 6.04 Å². The first kappa shape index (κ1) is 24.8. The van der Waals surface area contributed by atoms with Crippen molar-refractivity contribution < 1.29 is 4.74 Å². The average Bonchev–Trinajstić information content (AvgIpc) is 3.41. The molecule has 2 heterocycles. The van der Waals surface area contributed by atoms with Gasteiger partial charge in [0.25, 0.3) is 0 Å². The lowest BCUT2D eigenvalue weighted by Gasteiger charge is -2.40. The van der Waals surface area contributed by atoms with E-state index < -0.39 is 0 Å². The van der Waals surface area contributed by atoms with Crippen LogP contribution < -0.4 is 14.5 Å². The van der Waals surface area contributed by atoms with Crippen LogP contribution in [0.5, 0.6) is 5.75 Å². The molecule has 8 nitrogen and oxygen atoms in total. The van der Waals surface area contributed by atoms with E-state index in [9.17, 15) is 0 Å². The molecule has 1 atom stereocenters. The van der Waals surface area contributed by atoms with Gasteiger partial charge in [0.05, 0.1) is 13.2 Å². The van der Waals surface area contributed by atoms with Crippen LogP contribution >= 0.6 is 0 Å². The van der Waals surface area contributed by atoms with Gasteiger partial charge < -0.3 is 14.5 Å². The van der Waals surface area contributed by atoms with Crippen molar-refractivity contribution in [2.45, 2.75) is 19.0 Å². The molecule has 5 rings (SSSR count). The van der Waals surface area contributed by atoms with Crippen LogP contribution in [0, 0.1) is 0 Å². The van der Waals surface area contributed by atoms with Crippen molar-refractivity contribution in [1.82, 2.24) is 25.1 Å². The first-order valence-corrected chi connectivity index (χ1v) is 12.8. The molecule has 1 aliphatic heterocycles. The van der Waals surface area contributed by atoms with Crippen molar-refractivity contribution in [3.63, 3.8) is 0 Å². The Morgan fingerprint density at radius 1 is 0.865 bits per heavy atom. The van der Waals surface area contributed by atoms with Crippen molar-refractivity contribution in [2.75, 3.05) is 57.2 Å². The molecule has 4 aromatic rings. The number of tetrazole rings is 1. The topological polar surface area (TPSA) is 62.6 Å². The summed E-state index contributed by atoms with van der Waals surface area (Å²) in [5, 5.41) is 13.1. The SMILES string of the molecule is COc1ccc(N2CCN(C(c3ccc(N(C)C)cc3)c3nnnn3CCc3ccccc3)CC2)cc1. The molecule has 1 aromatic heterocycles. The molecule has 3 aromatic carbocycles. The summed E-state index contributed by atoms with van der Waals surface area (Å²) in [6.45, 7) is 4.44. The normalized spacial score (nSPS) is 14.9. The van der Waals surface area contributed by atoms with Crippen molar-refractivity contribution >= 4 is 11.4 Å². The molecule has 0 saturated carbocycles. The summed E-state index contributed by atoms with van der Waals surface area (Å²) in [5.74, 6) is 1.78. The molecule has 0 aliphatic carbocycles. The van der Waals surface area contributed by atoms with Gasteiger partial charge in [0.15, 0.2) is 5.82 Å². The first-order chi connectivity index (χ1) is 18.1. The number of anilines is 2. The number of hydrogen-bond acceptors (Lipinski definition) is 7. The lowest BCUT2D eigenvalue weighted by Crippen LogP contribution is -2.48. The predicted octanol–water partition coefficient (Wildman–Crippen LogP) is 3.90. The third kappa shape index (κ3) is 5.75. The highest BCUT2D eigenvalue weighted by atomic mass is 16.5. The monoisotopic (exact) mass is 497 g/mol. The van der Waals surface area contributed by atoms with Crippen LogP contribution in [-0.2, 0) is 13.0 Å². The molecular formula is C29H35N7O. The molecular weight excluding hydrogens is 462 g/mol. The first-order valence-electron chi connectivity index (χ1n) is 12.8. The second-order valence-electron chi connectivity index (χ2n) is 9.61. The number of ether oxygens (including phenoxy) is 1. The maximum atomic E-state index is 5.33. The summed E-state index contributed by atoms with van der Waals surface area (Å²) in [4.78, 5) is 7.06. The maximum Gasteiger partial charge on any atom is 0.173 e. The van der Waals surface area contributed by atoms with Gasteiger partial charge in [-0.25, -0.2) is 4.68 Å². The van der Waals surface area contributed by atoms with Crippen molar-refractivity contribution in [3.8, 4) is 5.75 Å². The largest absolute Gasteiger partial charge is 0.497 e. The molecule has 192 valence electrons. The Hall–Kier alpha value is -3.91. The Kier molecular flexibility index (Phi) is 7.65. The number of rotatable bonds is 9. The molecule has 8 heteroatoms. The van der Waals surface area contributed by atoms with E-state index in [1.54, 1.807) is 7.11 Å². The highest BCUT2D eigenvalue weighted by Crippen LogP contribution is 2.31. The van der Waals surface area contributed by atoms with E-state index in [4.69, 9.17) is 4.74 Å². The average molecular weight is 498 g/mol. The second kappa shape index (κ2) is 11.4. The van der Waals surface area contributed by atoms with Crippen molar-refractivity contribution in [3.05, 3.63) is 95.8 Å². The zero-order valence-electron chi connectivity index (χ0n) is 21.9. The summed E-state index contributed by atoms with van der Waals surface area (Å²) in [5.41, 5.74) is 4.89. The third-order valence-electron chi connectivity index (χ3n) is 7.10. The smallest absolute Gasteiger partial charge is 0.173 e. The van der Waals surface area contributed by atoms with Crippen LogP contribution in [0.4, 0.5) is 11.4 Å². The Morgan fingerprint density at radius 2 is 1.57 bits per heavy atom. The molecule has 0 amide bonds. The molecule has 0 radical (unpaired) electrons. The minimum absolute atomic E-state index is 0.0139. The molecule has 0 bridgehead atoms. The maximum absolute atomic E-state index is 5.33. The van der Waals surface area contributed by atoms with E-state index in [2.05, 4.69) is 105 Å². The summed E-state index contributed by atoms with van der Waals surface area (Å²) < 4.78 is 7.31. The van der Waals surface area contributed by atoms with Gasteiger partial charge in [-0.05, 0) is 64.4 Å². The van der Waals surface area contributed by atoms with Crippen molar-refractivity contribution in [1.29, 1.82) is 0 Å². The van der Waals surface area contributed by atoms with E-state index in [1.807, 2.05) is 22.9 Å². The molecule has 37 heavy (non-hydrogen) atoms. The molecule has 1 unspecified atom stereocenters. The van der Waals surface area contributed by atoms with E-state index in [0.717, 1.165) is 50.7 Å². The minimum Gasteiger partial charge on any atom is -0.497 e. The number of aryl methyl sites for hydroxylation is 2. The number of nitrogens with zero attached hydrogens (tertiary/aromatic N) is 7. The molecule has 1 saturated heterocycles. The highest BCUT2D eigenvalue weighted by Gasteiger charge is 2.30. The number of piperazine rings is 1. The number of hydrogen-bond donors (Lipinski definition) is 0. The summed E-state index contributed by atoms with van der Waals surface area (Å²) in [6, 6.07) is 27.6. The van der Waals surface area contributed by atoms with E-state index in [0.29, 0.717) is 0 Å². The van der Waals surface area contributed by atoms with Gasteiger partial charge >= 0.3 is 0 Å². The van der Waals surface area contributed by atoms with E-state index in [1.165, 1.54) is 22.5 Å². The van der Waals surface area contributed by atoms with Gasteiger partial charge in [-0.15, -0.1) is 5.10 Å². The highest BCUT2D eigenvalue weighted by molar-refractivity contribution is 5.50. The fraction of sp³-hybridized carbons (Fsp3) is 0.345. The number of aromatic nitrogens is 4. The Labute approximate surface area is 219 Å². The van der Waals surface area contributed by atoms with Gasteiger partial charge in [0.1, 0.15) is 5.75 Å². The summed E-state index contributed by atoms with van der Waals surface area (Å²) in [6.07, 6.45) is 0.885. The van der Waals surface area contributed by atoms with Crippen LogP contribution in [0.3, 0.4) is 0 Å². The van der Waals surface area contributed by atoms with Crippen LogP contribution in [0.25, 0.3) is 0 Å². The van der Waals surface area contributed by atoms with Crippen LogP contribution in [0.1, 0.15) is 23.0 Å². The zero-order chi connectivity index (χ0) is 25.6. The van der Waals surface area contributed by atoms with Gasteiger partial charge in [-0.3, -0.25) is 4.90 Å². The fourth-order valence-electron chi connectivity index (χ4n) is 4.96. The Morgan fingerprint density at radius 3 is 2.22 bits per heavy atom. The molecule has 1 aliphatic rings. The Balaban J connectivity index is 1.38. The summed E-state index contributed by atoms with van der Waals surface area (Å²) in [7, 11) is 5.83. The fourth-order valence-corrected chi connectivity index (χ4v) is 4.96. The lowest BCUT2D eigenvalue weighted by molar-refractivity contribution is 0.200. The van der Waals surface area contributed by atoms with Crippen LogP contribution in [-0.4, -0.2) is 72.5 Å². The standard InChI is InChI=1S/C29H35N7O/c1-33(2)25-11-9-24(10-12-25)28(29-30-31-32-36(29)18-17-23-7-5-4-6-8-23)35-21-19-34(20-22-35)26-13-15-27(37-3)16-14-26/h4-16,28H,17-22H2,1-3H3. The molecule has 1 fully saturated rings. The van der Waals surface area contributed by atoms with Gasteiger partial charge in [0, 0.05) is 58.2 Å². The Bertz CT molecular complexity index is 1250. The van der Waals surface area contributed by atoms with Crippen LogP contribution in [0.15, 0.2) is 78.9 Å². The van der Waals surface area contributed by atoms with Crippen LogP contribution in [0.2, 0.25) is 0 Å². The van der Waals surface area contributed by atoms with Gasteiger partial charge in [-0.1, -0.05) is 42.5 Å². The zero-order valence-corrected chi connectivity index (χ0v) is 21.9. The van der Waals surface area contributed by atoms with E-state index >= 15 is 0 Å². The third-order valence-corrected chi connectivity index (χ3v) is 7.10. The number of methoxy groups -OCH3 is 1. The number of benzene rings is 3. The molecule has 0 spiro atoms. The second-order valence-corrected chi connectivity index (χ2v) is 9.61. The minimum atomic E-state index is -0.0139. The van der Waals surface area contributed by atoms with Crippen molar-refractivity contribution in [2.24, 2.45) is 0 Å². The quantitative estimate of drug-likeness (QED) is 0.348. The lowest BCUT2D eigenvalue weighted by atomic mass is 10.0. The summed E-state index contributed by atoms with van der Waals surface area (Å²) >= 11 is 0.